The van der Waals surface area contributed by atoms with E-state index in [1.54, 1.807) is 18.2 Å². The van der Waals surface area contributed by atoms with E-state index in [2.05, 4.69) is 26.5 Å². The molecule has 0 bridgehead atoms. The molecule has 1 atom stereocenters. The van der Waals surface area contributed by atoms with E-state index in [0.29, 0.717) is 22.8 Å². The van der Waals surface area contributed by atoms with Gasteiger partial charge in [-0.15, -0.1) is 0 Å². The van der Waals surface area contributed by atoms with Crippen molar-refractivity contribution in [2.75, 3.05) is 7.11 Å². The van der Waals surface area contributed by atoms with Gasteiger partial charge in [-0.25, -0.2) is 5.43 Å². The summed E-state index contributed by atoms with van der Waals surface area (Å²) in [6.45, 7) is 1.86. The molecule has 6 nitrogen and oxygen atoms in total. The van der Waals surface area contributed by atoms with Crippen molar-refractivity contribution in [3.63, 3.8) is 0 Å². The largest absolute Gasteiger partial charge is 0.508 e. The van der Waals surface area contributed by atoms with Crippen molar-refractivity contribution in [2.45, 2.75) is 19.3 Å². The lowest BCUT2D eigenvalue weighted by atomic mass is 9.96. The van der Waals surface area contributed by atoms with E-state index in [-0.39, 0.29) is 24.0 Å². The summed E-state index contributed by atoms with van der Waals surface area (Å²) in [5.74, 6) is 1.47. The Balaban J connectivity index is 1.55. The number of nitrogens with one attached hydrogen (secondary N) is 1. The fourth-order valence-electron chi connectivity index (χ4n) is 2.86. The van der Waals surface area contributed by atoms with Gasteiger partial charge < -0.3 is 14.3 Å². The normalized spacial score (nSPS) is 12.1. The molecule has 0 aliphatic rings. The quantitative estimate of drug-likeness (QED) is 0.384. The van der Waals surface area contributed by atoms with E-state index in [1.165, 1.54) is 19.4 Å². The van der Waals surface area contributed by atoms with E-state index < -0.39 is 0 Å². The van der Waals surface area contributed by atoms with Crippen molar-refractivity contribution in [2.24, 2.45) is 5.10 Å². The smallest absolute Gasteiger partial charge is 0.240 e. The van der Waals surface area contributed by atoms with Crippen molar-refractivity contribution in [1.29, 1.82) is 0 Å². The Morgan fingerprint density at radius 2 is 2.00 bits per heavy atom. The molecular weight excluding hydrogens is 436 g/mol. The minimum absolute atomic E-state index is 0.101. The molecule has 0 fully saturated rings. The van der Waals surface area contributed by atoms with Crippen LogP contribution in [0.25, 0.3) is 11.3 Å². The fourth-order valence-corrected chi connectivity index (χ4v) is 3.12. The van der Waals surface area contributed by atoms with Gasteiger partial charge in [0.15, 0.2) is 0 Å². The van der Waals surface area contributed by atoms with Gasteiger partial charge in [0.1, 0.15) is 23.0 Å². The van der Waals surface area contributed by atoms with Gasteiger partial charge in [0.25, 0.3) is 0 Å². The number of halogens is 1. The summed E-state index contributed by atoms with van der Waals surface area (Å²) in [5, 5.41) is 14.0. The van der Waals surface area contributed by atoms with Crippen LogP contribution >= 0.6 is 15.9 Å². The third-order valence-corrected chi connectivity index (χ3v) is 4.93. The van der Waals surface area contributed by atoms with Crippen LogP contribution in [0.3, 0.4) is 0 Å². The number of carbonyl (C=O) groups excluding carboxylic acids is 1. The van der Waals surface area contributed by atoms with Crippen LogP contribution in [-0.4, -0.2) is 24.3 Å². The number of hydrogen-bond acceptors (Lipinski definition) is 5. The van der Waals surface area contributed by atoms with Crippen LogP contribution in [0.2, 0.25) is 0 Å². The number of carbonyl (C=O) groups is 1. The first-order valence-electron chi connectivity index (χ1n) is 9.01. The van der Waals surface area contributed by atoms with E-state index in [0.717, 1.165) is 10.0 Å². The monoisotopic (exact) mass is 456 g/mol. The van der Waals surface area contributed by atoms with Gasteiger partial charge >= 0.3 is 0 Å². The molecule has 0 saturated heterocycles. The number of phenols is 1. The van der Waals surface area contributed by atoms with Crippen molar-refractivity contribution < 1.29 is 19.1 Å². The zero-order valence-corrected chi connectivity index (χ0v) is 17.6. The lowest BCUT2D eigenvalue weighted by Gasteiger charge is -2.13. The summed E-state index contributed by atoms with van der Waals surface area (Å²) in [6, 6.07) is 16.4. The third-order valence-electron chi connectivity index (χ3n) is 4.40. The predicted molar refractivity (Wildman–Crippen MR) is 115 cm³/mol. The minimum Gasteiger partial charge on any atom is -0.508 e. The maximum Gasteiger partial charge on any atom is 0.240 e. The Kier molecular flexibility index (Phi) is 6.72. The first-order chi connectivity index (χ1) is 14.0. The van der Waals surface area contributed by atoms with Crippen LogP contribution in [-0.2, 0) is 4.79 Å². The second-order valence-corrected chi connectivity index (χ2v) is 7.45. The molecule has 29 heavy (non-hydrogen) atoms. The SMILES string of the molecule is COc1ccc([C@H](C)CC(=O)NN=Cc2ccc(-c3ccc(Br)cc3)o2)c(O)c1. The molecule has 0 aliphatic heterocycles. The summed E-state index contributed by atoms with van der Waals surface area (Å²) in [7, 11) is 1.53. The molecule has 2 aromatic carbocycles. The molecule has 7 heteroatoms. The first kappa shape index (κ1) is 20.7. The highest BCUT2D eigenvalue weighted by molar-refractivity contribution is 9.10. The number of rotatable bonds is 7. The second-order valence-electron chi connectivity index (χ2n) is 6.53. The highest BCUT2D eigenvalue weighted by atomic mass is 79.9. The number of methoxy groups -OCH3 is 1. The first-order valence-corrected chi connectivity index (χ1v) is 9.80. The summed E-state index contributed by atoms with van der Waals surface area (Å²) in [4.78, 5) is 12.1. The molecule has 1 amide bonds. The van der Waals surface area contributed by atoms with Gasteiger partial charge in [0, 0.05) is 22.5 Å². The highest BCUT2D eigenvalue weighted by Crippen LogP contribution is 2.31. The van der Waals surface area contributed by atoms with Gasteiger partial charge in [-0.1, -0.05) is 41.1 Å². The van der Waals surface area contributed by atoms with E-state index in [4.69, 9.17) is 9.15 Å². The molecular formula is C22H21BrN2O4. The van der Waals surface area contributed by atoms with Crippen LogP contribution in [0, 0.1) is 0 Å². The Morgan fingerprint density at radius 3 is 2.69 bits per heavy atom. The molecule has 3 aromatic rings. The molecule has 1 aromatic heterocycles. The number of nitrogens with zero attached hydrogens (tertiary/aromatic N) is 1. The molecule has 3 rings (SSSR count). The summed E-state index contributed by atoms with van der Waals surface area (Å²) >= 11 is 3.40. The average Bonchev–Trinajstić information content (AvgIpc) is 3.17. The van der Waals surface area contributed by atoms with E-state index in [1.807, 2.05) is 37.3 Å². The second kappa shape index (κ2) is 9.43. The molecule has 0 spiro atoms. The van der Waals surface area contributed by atoms with Crippen LogP contribution in [0.15, 0.2) is 68.6 Å². The van der Waals surface area contributed by atoms with Crippen molar-refractivity contribution in [3.8, 4) is 22.8 Å². The Labute approximate surface area is 177 Å². The molecule has 0 unspecified atom stereocenters. The molecule has 1 heterocycles. The Hall–Kier alpha value is -3.06. The van der Waals surface area contributed by atoms with Crippen LogP contribution < -0.4 is 10.2 Å². The summed E-state index contributed by atoms with van der Waals surface area (Å²) in [6.07, 6.45) is 1.63. The van der Waals surface area contributed by atoms with Crippen LogP contribution in [0.1, 0.15) is 30.6 Å². The number of hydrazone groups is 1. The maximum atomic E-state index is 12.1. The Bertz CT molecular complexity index is 1010. The standard InChI is InChI=1S/C22H21BrN2O4/c1-14(19-9-7-17(28-2)12-20(19)26)11-22(27)25-24-13-18-8-10-21(29-18)15-3-5-16(23)6-4-15/h3-10,12-14,26H,11H2,1-2H3,(H,25,27)/t14-/m1/s1. The summed E-state index contributed by atoms with van der Waals surface area (Å²) < 4.78 is 11.8. The predicted octanol–water partition coefficient (Wildman–Crippen LogP) is 5.07. The number of phenolic OH excluding ortho intramolecular Hbond substituents is 1. The zero-order chi connectivity index (χ0) is 20.8. The van der Waals surface area contributed by atoms with Crippen molar-refractivity contribution in [3.05, 3.63) is 70.4 Å². The van der Waals surface area contributed by atoms with Gasteiger partial charge in [-0.3, -0.25) is 4.79 Å². The molecule has 0 saturated carbocycles. The lowest BCUT2D eigenvalue weighted by Crippen LogP contribution is -2.19. The number of aromatic hydroxyl groups is 1. The number of amides is 1. The number of ether oxygens (including phenoxy) is 1. The van der Waals surface area contributed by atoms with E-state index in [9.17, 15) is 9.90 Å². The third kappa shape index (κ3) is 5.48. The van der Waals surface area contributed by atoms with Crippen LogP contribution in [0.4, 0.5) is 0 Å². The van der Waals surface area contributed by atoms with Gasteiger partial charge in [-0.05, 0) is 41.8 Å². The minimum atomic E-state index is -0.261. The molecule has 0 aliphatic carbocycles. The molecule has 0 radical (unpaired) electrons. The molecule has 150 valence electrons. The van der Waals surface area contributed by atoms with Gasteiger partial charge in [0.05, 0.1) is 13.3 Å². The maximum absolute atomic E-state index is 12.1. The molecule has 2 N–H and O–H groups in total. The number of benzene rings is 2. The zero-order valence-electron chi connectivity index (χ0n) is 16.1. The number of hydrogen-bond donors (Lipinski definition) is 2. The van der Waals surface area contributed by atoms with Gasteiger partial charge in [0.2, 0.25) is 5.91 Å². The number of furan rings is 1. The van der Waals surface area contributed by atoms with Crippen molar-refractivity contribution in [1.82, 2.24) is 5.43 Å². The fraction of sp³-hybridized carbons (Fsp3) is 0.182. The summed E-state index contributed by atoms with van der Waals surface area (Å²) in [5.41, 5.74) is 4.11. The highest BCUT2D eigenvalue weighted by Gasteiger charge is 2.15. The topological polar surface area (TPSA) is 84.1 Å². The van der Waals surface area contributed by atoms with Gasteiger partial charge in [-0.2, -0.15) is 5.10 Å². The van der Waals surface area contributed by atoms with Crippen LogP contribution in [0.5, 0.6) is 11.5 Å². The average molecular weight is 457 g/mol. The Morgan fingerprint density at radius 1 is 1.24 bits per heavy atom. The van der Waals surface area contributed by atoms with E-state index >= 15 is 0 Å². The lowest BCUT2D eigenvalue weighted by molar-refractivity contribution is -0.121. The van der Waals surface area contributed by atoms with Crippen molar-refractivity contribution >= 4 is 28.1 Å².